The number of amides is 1. The van der Waals surface area contributed by atoms with Gasteiger partial charge in [-0.1, -0.05) is 54.6 Å². The predicted octanol–water partition coefficient (Wildman–Crippen LogP) is 5.79. The van der Waals surface area contributed by atoms with Gasteiger partial charge in [0.25, 0.3) is 5.56 Å². The van der Waals surface area contributed by atoms with Crippen LogP contribution in [0.4, 0.5) is 13.2 Å². The highest BCUT2D eigenvalue weighted by Crippen LogP contribution is 2.36. The van der Waals surface area contributed by atoms with Gasteiger partial charge in [0.05, 0.1) is 23.5 Å². The number of hydrogen-bond donors (Lipinski definition) is 2. The Bertz CT molecular complexity index is 1690. The average Bonchev–Trinajstić information content (AvgIpc) is 3.40. The minimum atomic E-state index is -5.08. The summed E-state index contributed by atoms with van der Waals surface area (Å²) in [5, 5.41) is 15.3. The van der Waals surface area contributed by atoms with Crippen LogP contribution < -0.4 is 10.9 Å². The Morgan fingerprint density at radius 1 is 1.09 bits per heavy atom. The fourth-order valence-corrected chi connectivity index (χ4v) is 7.22. The molecule has 0 unspecified atom stereocenters. The zero-order valence-electron chi connectivity index (χ0n) is 23.7. The lowest BCUT2D eigenvalue weighted by molar-refractivity contribution is -0.192. The zero-order valence-corrected chi connectivity index (χ0v) is 25.3. The summed E-state index contributed by atoms with van der Waals surface area (Å²) < 4.78 is 34.8. The van der Waals surface area contributed by atoms with Crippen LogP contribution in [0.2, 0.25) is 0 Å². The maximum atomic E-state index is 13.8. The number of fused-ring (bicyclic) bond motifs is 2. The number of para-hydroxylation sites is 1. The Labute approximate surface area is 259 Å². The number of aromatic nitrogens is 2. The molecule has 1 amide bonds. The molecule has 2 aliphatic rings. The molecule has 2 aromatic heterocycles. The summed E-state index contributed by atoms with van der Waals surface area (Å²) >= 11 is 3.47. The molecule has 0 saturated heterocycles. The third kappa shape index (κ3) is 7.51. The topological polar surface area (TPSA) is 105 Å². The molecule has 13 heteroatoms. The van der Waals surface area contributed by atoms with Crippen molar-refractivity contribution < 1.29 is 27.9 Å². The van der Waals surface area contributed by atoms with E-state index < -0.39 is 12.1 Å². The highest BCUT2D eigenvalue weighted by atomic mass is 32.2. The second-order valence-corrected chi connectivity index (χ2v) is 12.7. The molecule has 232 valence electrons. The van der Waals surface area contributed by atoms with Crippen LogP contribution in [-0.2, 0) is 29.1 Å². The Morgan fingerprint density at radius 2 is 1.80 bits per heavy atom. The summed E-state index contributed by atoms with van der Waals surface area (Å²) in [5.74, 6) is -2.68. The van der Waals surface area contributed by atoms with Crippen molar-refractivity contribution in [3.8, 4) is 5.69 Å². The molecule has 3 heterocycles. The van der Waals surface area contributed by atoms with Crippen LogP contribution in [-0.4, -0.2) is 55.9 Å². The maximum Gasteiger partial charge on any atom is 0.490 e. The summed E-state index contributed by atoms with van der Waals surface area (Å²) in [6.07, 6.45) is -0.462. The largest absolute Gasteiger partial charge is 0.490 e. The number of aliphatic carboxylic acids is 1. The number of nitrogens with zero attached hydrogens (tertiary/aromatic N) is 3. The minimum absolute atomic E-state index is 0.0435. The number of alkyl halides is 3. The zero-order chi connectivity index (χ0) is 31.3. The van der Waals surface area contributed by atoms with Gasteiger partial charge in [-0.25, -0.2) is 9.78 Å². The lowest BCUT2D eigenvalue weighted by atomic mass is 10.0. The molecule has 0 radical (unpaired) electrons. The van der Waals surface area contributed by atoms with E-state index in [-0.39, 0.29) is 11.5 Å². The van der Waals surface area contributed by atoms with Gasteiger partial charge in [0.1, 0.15) is 0 Å². The van der Waals surface area contributed by atoms with E-state index in [1.165, 1.54) is 34.9 Å². The molecular weight excluding hydrogens is 613 g/mol. The molecular formula is C31H31F3N4O4S2. The van der Waals surface area contributed by atoms with Crippen molar-refractivity contribution >= 4 is 45.1 Å². The van der Waals surface area contributed by atoms with Crippen molar-refractivity contribution in [1.82, 2.24) is 19.8 Å². The third-order valence-corrected chi connectivity index (χ3v) is 9.83. The Morgan fingerprint density at radius 3 is 2.48 bits per heavy atom. The summed E-state index contributed by atoms with van der Waals surface area (Å²) in [5.41, 5.74) is 3.56. The molecule has 4 aromatic rings. The van der Waals surface area contributed by atoms with E-state index in [0.717, 1.165) is 23.1 Å². The van der Waals surface area contributed by atoms with Crippen molar-refractivity contribution in [3.05, 3.63) is 87.2 Å². The molecule has 2 N–H and O–H groups in total. The number of nitrogens with one attached hydrogen (secondary N) is 1. The number of carbonyl (C=O) groups is 2. The van der Waals surface area contributed by atoms with Crippen LogP contribution in [0.15, 0.2) is 69.9 Å². The summed E-state index contributed by atoms with van der Waals surface area (Å²) in [7, 11) is 0. The second-order valence-electron chi connectivity index (χ2n) is 10.5. The van der Waals surface area contributed by atoms with E-state index in [1.807, 2.05) is 35.2 Å². The molecule has 8 nitrogen and oxygen atoms in total. The molecule has 1 aliphatic carbocycles. The van der Waals surface area contributed by atoms with Gasteiger partial charge in [-0.3, -0.25) is 14.2 Å². The lowest BCUT2D eigenvalue weighted by Crippen LogP contribution is -2.42. The minimum Gasteiger partial charge on any atom is -0.475 e. The molecule has 0 atom stereocenters. The van der Waals surface area contributed by atoms with Gasteiger partial charge in [0, 0.05) is 42.4 Å². The fourth-order valence-electron chi connectivity index (χ4n) is 4.94. The number of rotatable bonds is 8. The van der Waals surface area contributed by atoms with Crippen molar-refractivity contribution in [2.75, 3.05) is 13.1 Å². The van der Waals surface area contributed by atoms with Gasteiger partial charge in [-0.05, 0) is 47.4 Å². The van der Waals surface area contributed by atoms with Gasteiger partial charge < -0.3 is 15.3 Å². The first kappa shape index (κ1) is 31.7. The monoisotopic (exact) mass is 644 g/mol. The maximum absolute atomic E-state index is 13.8. The number of halogens is 3. The van der Waals surface area contributed by atoms with E-state index in [1.54, 1.807) is 27.7 Å². The molecule has 2 aromatic carbocycles. The van der Waals surface area contributed by atoms with Crippen LogP contribution in [0.1, 0.15) is 42.5 Å². The SMILES string of the molecule is O=C(CCNCc1csc2ccccc12)N1CCc2nc(SC3CCC3)n(-c3ccccc3)c(=O)c2C1.O=C(O)C(F)(F)F. The van der Waals surface area contributed by atoms with Gasteiger partial charge >= 0.3 is 12.1 Å². The Hall–Kier alpha value is -3.68. The lowest BCUT2D eigenvalue weighted by Gasteiger charge is -2.30. The van der Waals surface area contributed by atoms with Crippen molar-refractivity contribution in [2.24, 2.45) is 0 Å². The van der Waals surface area contributed by atoms with Crippen LogP contribution in [0.3, 0.4) is 0 Å². The number of carbonyl (C=O) groups excluding carboxylic acids is 1. The molecule has 0 bridgehead atoms. The van der Waals surface area contributed by atoms with Gasteiger partial charge in [-0.2, -0.15) is 13.2 Å². The van der Waals surface area contributed by atoms with Gasteiger partial charge in [-0.15, -0.1) is 11.3 Å². The van der Waals surface area contributed by atoms with E-state index >= 15 is 0 Å². The summed E-state index contributed by atoms with van der Waals surface area (Å²) in [4.78, 5) is 42.5. The van der Waals surface area contributed by atoms with E-state index in [4.69, 9.17) is 14.9 Å². The molecule has 1 aliphatic heterocycles. The second kappa shape index (κ2) is 14.0. The quantitative estimate of drug-likeness (QED) is 0.185. The van der Waals surface area contributed by atoms with Crippen LogP contribution in [0.5, 0.6) is 0 Å². The molecule has 0 spiro atoms. The van der Waals surface area contributed by atoms with E-state index in [0.29, 0.717) is 43.3 Å². The van der Waals surface area contributed by atoms with Crippen molar-refractivity contribution in [2.45, 2.75) is 61.8 Å². The number of carboxylic acid groups (broad SMARTS) is 1. The number of thiophene rings is 1. The molecule has 1 fully saturated rings. The van der Waals surface area contributed by atoms with Crippen LogP contribution >= 0.6 is 23.1 Å². The third-order valence-electron chi connectivity index (χ3n) is 7.53. The summed E-state index contributed by atoms with van der Waals surface area (Å²) in [6, 6.07) is 18.1. The van der Waals surface area contributed by atoms with E-state index in [2.05, 4.69) is 35.0 Å². The van der Waals surface area contributed by atoms with Crippen molar-refractivity contribution in [1.29, 1.82) is 0 Å². The highest BCUT2D eigenvalue weighted by Gasteiger charge is 2.38. The van der Waals surface area contributed by atoms with Gasteiger partial charge in [0.15, 0.2) is 5.16 Å². The first-order valence-electron chi connectivity index (χ1n) is 14.2. The molecule has 6 rings (SSSR count). The van der Waals surface area contributed by atoms with Gasteiger partial charge in [0.2, 0.25) is 5.91 Å². The van der Waals surface area contributed by atoms with Crippen molar-refractivity contribution in [3.63, 3.8) is 0 Å². The Balaban J connectivity index is 0.000000493. The Kier molecular flexibility index (Phi) is 10.1. The number of thioether (sulfide) groups is 1. The predicted molar refractivity (Wildman–Crippen MR) is 164 cm³/mol. The molecule has 1 saturated carbocycles. The number of benzene rings is 2. The summed E-state index contributed by atoms with van der Waals surface area (Å²) in [6.45, 7) is 2.29. The molecule has 44 heavy (non-hydrogen) atoms. The standard InChI is InChI=1S/C29H30N4O2S2.C2HF3O2/c34-27(13-15-30-17-20-19-36-26-12-5-4-11-23(20)26)32-16-14-25-24(18-32)28(35)33(21-7-2-1-3-8-21)29(31-25)37-22-9-6-10-22;3-2(4,5)1(6)7/h1-5,7-8,11-12,19,22,30H,6,9-10,13-18H2;(H,6,7). The van der Waals surface area contributed by atoms with E-state index in [9.17, 15) is 22.8 Å². The normalized spacial score (nSPS) is 14.8. The average molecular weight is 645 g/mol. The first-order chi connectivity index (χ1) is 21.1. The number of carboxylic acids is 1. The number of hydrogen-bond acceptors (Lipinski definition) is 7. The van der Waals surface area contributed by atoms with Crippen LogP contribution in [0, 0.1) is 0 Å². The fraction of sp³-hybridized carbons (Fsp3) is 0.355. The van der Waals surface area contributed by atoms with Crippen LogP contribution in [0.25, 0.3) is 15.8 Å². The highest BCUT2D eigenvalue weighted by molar-refractivity contribution is 7.99. The smallest absolute Gasteiger partial charge is 0.475 e. The first-order valence-corrected chi connectivity index (χ1v) is 16.0.